The van der Waals surface area contributed by atoms with Gasteiger partial charge in [-0.15, -0.1) is 0 Å². The Morgan fingerprint density at radius 3 is 2.74 bits per heavy atom. The highest BCUT2D eigenvalue weighted by molar-refractivity contribution is 5.33. The topological polar surface area (TPSA) is 32.7 Å². The van der Waals surface area contributed by atoms with Crippen molar-refractivity contribution < 1.29 is 9.84 Å². The van der Waals surface area contributed by atoms with E-state index in [1.54, 1.807) is 7.11 Å². The zero-order chi connectivity index (χ0) is 13.8. The van der Waals surface area contributed by atoms with Gasteiger partial charge < -0.3 is 9.84 Å². The molecule has 0 aromatic heterocycles. The van der Waals surface area contributed by atoms with Crippen molar-refractivity contribution in [3.63, 3.8) is 0 Å². The zero-order valence-electron chi connectivity index (χ0n) is 12.2. The summed E-state index contributed by atoms with van der Waals surface area (Å²) in [4.78, 5) is 2.32. The summed E-state index contributed by atoms with van der Waals surface area (Å²) in [6.45, 7) is 2.22. The molecule has 0 aliphatic heterocycles. The Kier molecular flexibility index (Phi) is 4.83. The van der Waals surface area contributed by atoms with E-state index in [4.69, 9.17) is 4.74 Å². The van der Waals surface area contributed by atoms with Crippen LogP contribution < -0.4 is 4.74 Å². The lowest BCUT2D eigenvalue weighted by Crippen LogP contribution is -2.43. The van der Waals surface area contributed by atoms with Crippen molar-refractivity contribution >= 4 is 0 Å². The fourth-order valence-electron chi connectivity index (χ4n) is 3.06. The molecule has 1 fully saturated rings. The van der Waals surface area contributed by atoms with E-state index in [1.807, 2.05) is 12.1 Å². The van der Waals surface area contributed by atoms with E-state index < -0.39 is 0 Å². The maximum Gasteiger partial charge on any atom is 0.122 e. The van der Waals surface area contributed by atoms with E-state index >= 15 is 0 Å². The van der Waals surface area contributed by atoms with Crippen molar-refractivity contribution in [1.29, 1.82) is 0 Å². The van der Waals surface area contributed by atoms with Crippen molar-refractivity contribution in [1.82, 2.24) is 4.90 Å². The Morgan fingerprint density at radius 1 is 1.37 bits per heavy atom. The van der Waals surface area contributed by atoms with E-state index in [0.29, 0.717) is 12.1 Å². The lowest BCUT2D eigenvalue weighted by atomic mass is 10.0. The number of benzene rings is 1. The molecule has 0 radical (unpaired) electrons. The largest absolute Gasteiger partial charge is 0.496 e. The van der Waals surface area contributed by atoms with Gasteiger partial charge in [0, 0.05) is 12.1 Å². The molecule has 0 spiro atoms. The first kappa shape index (κ1) is 14.4. The SMILES string of the molecule is COc1ccccc1CC(C)N(C)[C@@H]1CCC[C@H]1O. The highest BCUT2D eigenvalue weighted by Crippen LogP contribution is 2.27. The Balaban J connectivity index is 2.01. The second-order valence-electron chi connectivity index (χ2n) is 5.60. The van der Waals surface area contributed by atoms with Crippen LogP contribution >= 0.6 is 0 Å². The summed E-state index contributed by atoms with van der Waals surface area (Å²) >= 11 is 0. The maximum atomic E-state index is 10.0. The normalized spacial score (nSPS) is 24.7. The van der Waals surface area contributed by atoms with Gasteiger partial charge >= 0.3 is 0 Å². The standard InChI is InChI=1S/C16H25NO2/c1-12(17(2)14-8-6-9-15(14)18)11-13-7-4-5-10-16(13)19-3/h4-5,7,10,12,14-15,18H,6,8-9,11H2,1-3H3/t12?,14-,15-/m1/s1. The van der Waals surface area contributed by atoms with Gasteiger partial charge in [0.1, 0.15) is 5.75 Å². The van der Waals surface area contributed by atoms with Crippen LogP contribution in [0.25, 0.3) is 0 Å². The van der Waals surface area contributed by atoms with Crippen LogP contribution in [0.2, 0.25) is 0 Å². The number of aliphatic hydroxyl groups excluding tert-OH is 1. The predicted molar refractivity (Wildman–Crippen MR) is 77.6 cm³/mol. The van der Waals surface area contributed by atoms with Crippen molar-refractivity contribution in [3.05, 3.63) is 29.8 Å². The molecule has 0 amide bonds. The lowest BCUT2D eigenvalue weighted by Gasteiger charge is -2.33. The third kappa shape index (κ3) is 3.28. The van der Waals surface area contributed by atoms with E-state index in [1.165, 1.54) is 5.56 Å². The van der Waals surface area contributed by atoms with Crippen LogP contribution in [0.3, 0.4) is 0 Å². The van der Waals surface area contributed by atoms with Crippen LogP contribution in [0, 0.1) is 0 Å². The zero-order valence-corrected chi connectivity index (χ0v) is 12.2. The van der Waals surface area contributed by atoms with Gasteiger partial charge in [-0.3, -0.25) is 4.90 Å². The number of ether oxygens (including phenoxy) is 1. The molecule has 19 heavy (non-hydrogen) atoms. The van der Waals surface area contributed by atoms with Crippen LogP contribution in [-0.2, 0) is 6.42 Å². The highest BCUT2D eigenvalue weighted by atomic mass is 16.5. The molecule has 1 saturated carbocycles. The number of rotatable bonds is 5. The molecule has 1 aliphatic carbocycles. The van der Waals surface area contributed by atoms with Crippen LogP contribution in [0.5, 0.6) is 5.75 Å². The Hall–Kier alpha value is -1.06. The molecule has 1 N–H and O–H groups in total. The smallest absolute Gasteiger partial charge is 0.122 e. The summed E-state index contributed by atoms with van der Waals surface area (Å²) in [5, 5.41) is 10.0. The Bertz CT molecular complexity index is 407. The lowest BCUT2D eigenvalue weighted by molar-refractivity contribution is 0.0655. The quantitative estimate of drug-likeness (QED) is 0.886. The minimum absolute atomic E-state index is 0.162. The molecule has 106 valence electrons. The van der Waals surface area contributed by atoms with Gasteiger partial charge in [0.25, 0.3) is 0 Å². The fraction of sp³-hybridized carbons (Fsp3) is 0.625. The van der Waals surface area contributed by atoms with Crippen molar-refractivity contribution in [2.75, 3.05) is 14.2 Å². The number of hydrogen-bond acceptors (Lipinski definition) is 3. The summed E-state index contributed by atoms with van der Waals surface area (Å²) in [5.74, 6) is 0.953. The third-order valence-electron chi connectivity index (χ3n) is 4.37. The van der Waals surface area contributed by atoms with Gasteiger partial charge in [0.2, 0.25) is 0 Å². The molecular weight excluding hydrogens is 238 g/mol. The molecule has 1 aromatic rings. The van der Waals surface area contributed by atoms with Crippen molar-refractivity contribution in [2.24, 2.45) is 0 Å². The number of likely N-dealkylation sites (N-methyl/N-ethyl adjacent to an activating group) is 1. The van der Waals surface area contributed by atoms with E-state index in [2.05, 4.69) is 31.0 Å². The number of methoxy groups -OCH3 is 1. The molecule has 3 atom stereocenters. The van der Waals surface area contributed by atoms with Gasteiger partial charge in [-0.1, -0.05) is 18.2 Å². The summed E-state index contributed by atoms with van der Waals surface area (Å²) in [7, 11) is 3.84. The number of nitrogens with zero attached hydrogens (tertiary/aromatic N) is 1. The van der Waals surface area contributed by atoms with E-state index in [0.717, 1.165) is 31.4 Å². The molecular formula is C16H25NO2. The molecule has 3 nitrogen and oxygen atoms in total. The van der Waals surface area contributed by atoms with Gasteiger partial charge in [0.15, 0.2) is 0 Å². The average Bonchev–Trinajstić information content (AvgIpc) is 2.84. The first-order valence-electron chi connectivity index (χ1n) is 7.15. The molecule has 1 aromatic carbocycles. The van der Waals surface area contributed by atoms with E-state index in [9.17, 15) is 5.11 Å². The van der Waals surface area contributed by atoms with Crippen LogP contribution in [-0.4, -0.2) is 42.4 Å². The Labute approximate surface area is 116 Å². The van der Waals surface area contributed by atoms with Gasteiger partial charge in [-0.25, -0.2) is 0 Å². The maximum absolute atomic E-state index is 10.0. The van der Waals surface area contributed by atoms with Crippen molar-refractivity contribution in [2.45, 2.75) is 50.8 Å². The minimum atomic E-state index is -0.162. The summed E-state index contributed by atoms with van der Waals surface area (Å²) in [6.07, 6.45) is 3.97. The molecule has 0 saturated heterocycles. The molecule has 0 heterocycles. The van der Waals surface area contributed by atoms with Crippen LogP contribution in [0.15, 0.2) is 24.3 Å². The average molecular weight is 263 g/mol. The van der Waals surface area contributed by atoms with Crippen molar-refractivity contribution in [3.8, 4) is 5.75 Å². The molecule has 1 unspecified atom stereocenters. The summed E-state index contributed by atoms with van der Waals surface area (Å²) < 4.78 is 5.40. The highest BCUT2D eigenvalue weighted by Gasteiger charge is 2.31. The second kappa shape index (κ2) is 6.40. The summed E-state index contributed by atoms with van der Waals surface area (Å²) in [5.41, 5.74) is 1.23. The predicted octanol–water partition coefficient (Wildman–Crippen LogP) is 2.47. The van der Waals surface area contributed by atoms with Gasteiger partial charge in [-0.2, -0.15) is 0 Å². The Morgan fingerprint density at radius 2 is 2.11 bits per heavy atom. The first-order valence-corrected chi connectivity index (χ1v) is 7.15. The third-order valence-corrected chi connectivity index (χ3v) is 4.37. The van der Waals surface area contributed by atoms with Crippen LogP contribution in [0.1, 0.15) is 31.7 Å². The number of para-hydroxylation sites is 1. The molecule has 2 rings (SSSR count). The minimum Gasteiger partial charge on any atom is -0.496 e. The van der Waals surface area contributed by atoms with Gasteiger partial charge in [-0.05, 0) is 51.3 Å². The monoisotopic (exact) mass is 263 g/mol. The number of aliphatic hydroxyl groups is 1. The summed E-state index contributed by atoms with van der Waals surface area (Å²) in [6, 6.07) is 8.88. The molecule has 3 heteroatoms. The molecule has 0 bridgehead atoms. The molecule has 1 aliphatic rings. The fourth-order valence-corrected chi connectivity index (χ4v) is 3.06. The van der Waals surface area contributed by atoms with E-state index in [-0.39, 0.29) is 6.10 Å². The number of hydrogen-bond donors (Lipinski definition) is 1. The van der Waals surface area contributed by atoms with Crippen LogP contribution in [0.4, 0.5) is 0 Å². The first-order chi connectivity index (χ1) is 9.13. The second-order valence-corrected chi connectivity index (χ2v) is 5.60. The van der Waals surface area contributed by atoms with Gasteiger partial charge in [0.05, 0.1) is 13.2 Å².